The van der Waals surface area contributed by atoms with E-state index in [1.165, 1.54) is 37.5 Å². The molecule has 1 aliphatic rings. The summed E-state index contributed by atoms with van der Waals surface area (Å²) in [4.78, 5) is 39.5. The molecule has 1 aliphatic heterocycles. The second-order valence-electron chi connectivity index (χ2n) is 9.03. The number of carbonyl (C=O) groups is 3. The third-order valence-electron chi connectivity index (χ3n) is 6.27. The highest BCUT2D eigenvalue weighted by molar-refractivity contribution is 7.89. The maximum Gasteiger partial charge on any atom is 0.306 e. The number of esters is 1. The zero-order valence-corrected chi connectivity index (χ0v) is 24.2. The number of nitrogens with one attached hydrogen (secondary N) is 1. The molecule has 0 aromatic heterocycles. The average Bonchev–Trinajstić information content (AvgIpc) is 3.07. The molecule has 1 saturated heterocycles. The van der Waals surface area contributed by atoms with Gasteiger partial charge in [0.15, 0.2) is 0 Å². The molecule has 214 valence electrons. The van der Waals surface area contributed by atoms with E-state index in [1.54, 1.807) is 42.5 Å². The van der Waals surface area contributed by atoms with E-state index in [9.17, 15) is 22.8 Å². The first kappa shape index (κ1) is 30.1. The Labute approximate surface area is 247 Å². The van der Waals surface area contributed by atoms with Gasteiger partial charge in [-0.1, -0.05) is 53.5 Å². The van der Waals surface area contributed by atoms with Gasteiger partial charge in [0.25, 0.3) is 15.9 Å². The van der Waals surface area contributed by atoms with Crippen LogP contribution in [0, 0.1) is 0 Å². The maximum absolute atomic E-state index is 13.9. The normalized spacial score (nSPS) is 16.7. The van der Waals surface area contributed by atoms with Crippen LogP contribution in [-0.2, 0) is 35.8 Å². The Morgan fingerprint density at radius 1 is 1.02 bits per heavy atom. The summed E-state index contributed by atoms with van der Waals surface area (Å²) < 4.78 is 38.8. The minimum Gasteiger partial charge on any atom is -0.496 e. The number of rotatable bonds is 9. The molecule has 4 rings (SSSR count). The number of methoxy groups -OCH3 is 1. The highest BCUT2D eigenvalue weighted by Gasteiger charge is 2.43. The Balaban J connectivity index is 1.68. The van der Waals surface area contributed by atoms with E-state index in [4.69, 9.17) is 32.7 Å². The Bertz CT molecular complexity index is 1580. The molecule has 1 fully saturated rings. The highest BCUT2D eigenvalue weighted by atomic mass is 35.5. The summed E-state index contributed by atoms with van der Waals surface area (Å²) in [5.41, 5.74) is 1.14. The van der Waals surface area contributed by atoms with Crippen LogP contribution in [0.5, 0.6) is 5.75 Å². The largest absolute Gasteiger partial charge is 0.496 e. The number of sulfonamides is 1. The van der Waals surface area contributed by atoms with Gasteiger partial charge < -0.3 is 14.8 Å². The van der Waals surface area contributed by atoms with Crippen molar-refractivity contribution in [2.75, 3.05) is 13.7 Å². The first-order valence-corrected chi connectivity index (χ1v) is 14.7. The quantitative estimate of drug-likeness (QED) is 0.275. The van der Waals surface area contributed by atoms with Gasteiger partial charge in [0.1, 0.15) is 18.4 Å². The molecule has 1 N–H and O–H groups in total. The second kappa shape index (κ2) is 13.2. The van der Waals surface area contributed by atoms with Crippen LogP contribution in [0.1, 0.15) is 24.0 Å². The number of hydrogen-bond donors (Lipinski definition) is 1. The van der Waals surface area contributed by atoms with Gasteiger partial charge in [0.05, 0.1) is 12.0 Å². The molecule has 2 amide bonds. The lowest BCUT2D eigenvalue weighted by atomic mass is 10.1. The first-order valence-electron chi connectivity index (χ1n) is 12.5. The summed E-state index contributed by atoms with van der Waals surface area (Å²) in [6, 6.07) is 17.4. The molecule has 9 nitrogen and oxygen atoms in total. The smallest absolute Gasteiger partial charge is 0.306 e. The van der Waals surface area contributed by atoms with Gasteiger partial charge in [-0.2, -0.15) is 0 Å². The van der Waals surface area contributed by atoms with Crippen molar-refractivity contribution in [3.63, 3.8) is 0 Å². The Kier molecular flexibility index (Phi) is 9.69. The molecule has 3 aromatic carbocycles. The Morgan fingerprint density at radius 3 is 2.39 bits per heavy atom. The first-order chi connectivity index (χ1) is 19.6. The fraction of sp³-hybridized carbons (Fsp3) is 0.207. The molecule has 12 heteroatoms. The summed E-state index contributed by atoms with van der Waals surface area (Å²) in [7, 11) is -3.13. The molecule has 3 aromatic rings. The lowest BCUT2D eigenvalue weighted by Crippen LogP contribution is -2.49. The number of hydrogen-bond acceptors (Lipinski definition) is 7. The van der Waals surface area contributed by atoms with Crippen LogP contribution in [0.15, 0.2) is 83.3 Å². The zero-order chi connectivity index (χ0) is 29.6. The molecular weight excluding hydrogens is 591 g/mol. The molecule has 1 heterocycles. The van der Waals surface area contributed by atoms with Gasteiger partial charge >= 0.3 is 5.97 Å². The van der Waals surface area contributed by atoms with Crippen molar-refractivity contribution in [1.82, 2.24) is 9.62 Å². The molecule has 0 unspecified atom stereocenters. The number of carbonyl (C=O) groups excluding carboxylic acids is 3. The second-order valence-corrected chi connectivity index (χ2v) is 11.7. The monoisotopic (exact) mass is 616 g/mol. The van der Waals surface area contributed by atoms with Crippen LogP contribution in [0.2, 0.25) is 10.0 Å². The SMILES string of the molecule is COc1ccc(Cl)cc1/C=C1\CNC(=O)[C@@H](CCC(=O)OCc2ccccc2)N(S(=O)(=O)c2ccc(Cl)cc2)C1=O. The van der Waals surface area contributed by atoms with Crippen LogP contribution in [0.3, 0.4) is 0 Å². The van der Waals surface area contributed by atoms with Gasteiger partial charge in [-0.25, -0.2) is 12.7 Å². The van der Waals surface area contributed by atoms with Crippen LogP contribution in [-0.4, -0.2) is 50.2 Å². The number of ether oxygens (including phenoxy) is 2. The van der Waals surface area contributed by atoms with Gasteiger partial charge in [0, 0.05) is 34.1 Å². The van der Waals surface area contributed by atoms with Crippen LogP contribution in [0.25, 0.3) is 6.08 Å². The lowest BCUT2D eigenvalue weighted by molar-refractivity contribution is -0.145. The van der Waals surface area contributed by atoms with E-state index in [0.29, 0.717) is 20.6 Å². The minimum atomic E-state index is -4.57. The molecule has 0 aliphatic carbocycles. The third kappa shape index (κ3) is 7.27. The van der Waals surface area contributed by atoms with Crippen LogP contribution < -0.4 is 10.1 Å². The number of benzene rings is 3. The highest BCUT2D eigenvalue weighted by Crippen LogP contribution is 2.29. The summed E-state index contributed by atoms with van der Waals surface area (Å²) in [6.45, 7) is -0.258. The predicted molar refractivity (Wildman–Crippen MR) is 154 cm³/mol. The van der Waals surface area contributed by atoms with Crippen molar-refractivity contribution in [2.45, 2.75) is 30.4 Å². The van der Waals surface area contributed by atoms with Crippen molar-refractivity contribution in [3.05, 3.63) is 99.5 Å². The lowest BCUT2D eigenvalue weighted by Gasteiger charge is -2.28. The molecule has 0 bridgehead atoms. The third-order valence-corrected chi connectivity index (χ3v) is 8.56. The predicted octanol–water partition coefficient (Wildman–Crippen LogP) is 4.62. The van der Waals surface area contributed by atoms with Gasteiger partial charge in [-0.3, -0.25) is 14.4 Å². The zero-order valence-electron chi connectivity index (χ0n) is 21.9. The summed E-state index contributed by atoms with van der Waals surface area (Å²) in [6.07, 6.45) is 0.798. The number of halogens is 2. The van der Waals surface area contributed by atoms with E-state index in [0.717, 1.165) is 5.56 Å². The van der Waals surface area contributed by atoms with Crippen LogP contribution in [0.4, 0.5) is 0 Å². The maximum atomic E-state index is 13.9. The van der Waals surface area contributed by atoms with Gasteiger partial charge in [0.2, 0.25) is 5.91 Å². The van der Waals surface area contributed by atoms with Crippen molar-refractivity contribution in [1.29, 1.82) is 0 Å². The molecule has 1 atom stereocenters. The molecule has 0 spiro atoms. The molecular formula is C29H26Cl2N2O7S. The summed E-state index contributed by atoms with van der Waals surface area (Å²) in [5, 5.41) is 3.26. The molecule has 41 heavy (non-hydrogen) atoms. The van der Waals surface area contributed by atoms with Crippen molar-refractivity contribution < 1.29 is 32.3 Å². The Morgan fingerprint density at radius 2 is 1.71 bits per heavy atom. The standard InChI is InChI=1S/C29H26Cl2N2O7S/c1-39-26-13-9-23(31)16-20(26)15-21-17-32-28(35)25(12-14-27(34)40-18-19-5-3-2-4-6-19)33(29(21)36)41(37,38)24-10-7-22(30)8-11-24/h2-11,13,15-16,25H,12,14,17-18H2,1H3,(H,32,35)/b21-15+/t25-/m1/s1. The van der Waals surface area contributed by atoms with E-state index in [-0.39, 0.29) is 41.5 Å². The molecule has 0 radical (unpaired) electrons. The topological polar surface area (TPSA) is 119 Å². The van der Waals surface area contributed by atoms with E-state index >= 15 is 0 Å². The number of nitrogens with zero attached hydrogens (tertiary/aromatic N) is 1. The van der Waals surface area contributed by atoms with Crippen molar-refractivity contribution in [2.24, 2.45) is 0 Å². The summed E-state index contributed by atoms with van der Waals surface area (Å²) in [5.74, 6) is -1.95. The fourth-order valence-electron chi connectivity index (χ4n) is 4.19. The molecule has 0 saturated carbocycles. The van der Waals surface area contributed by atoms with Crippen molar-refractivity contribution in [3.8, 4) is 5.75 Å². The number of amides is 2. The van der Waals surface area contributed by atoms with Gasteiger partial charge in [-0.15, -0.1) is 0 Å². The Hall–Kier alpha value is -3.86. The van der Waals surface area contributed by atoms with E-state index < -0.39 is 33.8 Å². The summed E-state index contributed by atoms with van der Waals surface area (Å²) >= 11 is 12.1. The fourth-order valence-corrected chi connectivity index (χ4v) is 6.08. The van der Waals surface area contributed by atoms with Gasteiger partial charge in [-0.05, 0) is 60.5 Å². The van der Waals surface area contributed by atoms with E-state index in [1.807, 2.05) is 6.07 Å². The minimum absolute atomic E-state index is 0.0105. The van der Waals surface area contributed by atoms with E-state index in [2.05, 4.69) is 5.32 Å². The van der Waals surface area contributed by atoms with Crippen LogP contribution >= 0.6 is 23.2 Å². The van der Waals surface area contributed by atoms with Crippen molar-refractivity contribution >= 4 is 57.1 Å². The average molecular weight is 618 g/mol.